The second-order valence-corrected chi connectivity index (χ2v) is 7.64. The molecule has 110 valence electrons. The molecule has 0 aliphatic carbocycles. The Morgan fingerprint density at radius 1 is 1.24 bits per heavy atom. The van der Waals surface area contributed by atoms with Gasteiger partial charge in [-0.3, -0.25) is 0 Å². The summed E-state index contributed by atoms with van der Waals surface area (Å²) in [5, 5.41) is 4.68. The first-order valence-electron chi connectivity index (χ1n) is 7.21. The number of likely N-dealkylation sites (N-methyl/N-ethyl adjacent to an activating group) is 1. The van der Waals surface area contributed by atoms with Crippen molar-refractivity contribution in [2.24, 2.45) is 0 Å². The van der Waals surface area contributed by atoms with Crippen LogP contribution in [0.15, 0.2) is 35.8 Å². The van der Waals surface area contributed by atoms with Gasteiger partial charge in [0.05, 0.1) is 5.01 Å². The van der Waals surface area contributed by atoms with E-state index in [9.17, 15) is 0 Å². The van der Waals surface area contributed by atoms with E-state index in [4.69, 9.17) is 0 Å². The third kappa shape index (κ3) is 3.03. The topological polar surface area (TPSA) is 16.1 Å². The molecule has 3 aromatic rings. The number of fused-ring (bicyclic) bond motifs is 1. The van der Waals surface area contributed by atoms with Crippen molar-refractivity contribution in [1.29, 1.82) is 0 Å². The molecule has 0 fully saturated rings. The fourth-order valence-corrected chi connectivity index (χ4v) is 4.67. The van der Waals surface area contributed by atoms with E-state index < -0.39 is 0 Å². The second kappa shape index (κ2) is 6.26. The van der Waals surface area contributed by atoms with Crippen molar-refractivity contribution < 1.29 is 0 Å². The first-order valence-corrected chi connectivity index (χ1v) is 8.91. The monoisotopic (exact) mass is 316 g/mol. The summed E-state index contributed by atoms with van der Waals surface area (Å²) in [6.07, 6.45) is 3.02. The number of thiophene rings is 1. The minimum absolute atomic E-state index is 0.373. The molecule has 2 aromatic heterocycles. The Kier molecular flexibility index (Phi) is 4.38. The minimum atomic E-state index is 0.373. The Hall–Kier alpha value is -1.23. The summed E-state index contributed by atoms with van der Waals surface area (Å²) in [6, 6.07) is 8.76. The Morgan fingerprint density at radius 3 is 2.76 bits per heavy atom. The zero-order valence-corrected chi connectivity index (χ0v) is 14.3. The SMILES string of the molecule is CC(c1nccs1)c1c(CCN(C)C)sc2ccccc12. The van der Waals surface area contributed by atoms with Crippen LogP contribution in [0.4, 0.5) is 0 Å². The standard InChI is InChI=1S/C17H20N2S2/c1-12(17-18-9-11-20-17)16-13-6-4-5-7-14(13)21-15(16)8-10-19(2)3/h4-7,9,11-12H,8,10H2,1-3H3. The second-order valence-electron chi connectivity index (χ2n) is 5.58. The lowest BCUT2D eigenvalue weighted by atomic mass is 9.97. The molecule has 0 N–H and O–H groups in total. The lowest BCUT2D eigenvalue weighted by molar-refractivity contribution is 0.414. The zero-order valence-electron chi connectivity index (χ0n) is 12.7. The smallest absolute Gasteiger partial charge is 0.0997 e. The molecular weight excluding hydrogens is 296 g/mol. The number of rotatable bonds is 5. The van der Waals surface area contributed by atoms with Crippen molar-refractivity contribution in [2.75, 3.05) is 20.6 Å². The molecule has 0 aliphatic rings. The first-order chi connectivity index (χ1) is 10.2. The van der Waals surface area contributed by atoms with Crippen molar-refractivity contribution >= 4 is 32.8 Å². The Balaban J connectivity index is 2.06. The van der Waals surface area contributed by atoms with Crippen molar-refractivity contribution in [3.05, 3.63) is 51.3 Å². The van der Waals surface area contributed by atoms with Crippen molar-refractivity contribution in [3.63, 3.8) is 0 Å². The van der Waals surface area contributed by atoms with Crippen molar-refractivity contribution in [1.82, 2.24) is 9.88 Å². The maximum absolute atomic E-state index is 4.53. The van der Waals surface area contributed by atoms with Crippen LogP contribution in [0.5, 0.6) is 0 Å². The van der Waals surface area contributed by atoms with E-state index in [0.717, 1.165) is 13.0 Å². The van der Waals surface area contributed by atoms with Crippen LogP contribution in [-0.4, -0.2) is 30.5 Å². The maximum atomic E-state index is 4.53. The quantitative estimate of drug-likeness (QED) is 0.683. The number of thiazole rings is 1. The molecule has 1 aromatic carbocycles. The Morgan fingerprint density at radius 2 is 2.05 bits per heavy atom. The molecule has 0 spiro atoms. The lowest BCUT2D eigenvalue weighted by Crippen LogP contribution is -2.15. The van der Waals surface area contributed by atoms with Crippen LogP contribution in [0.2, 0.25) is 0 Å². The molecule has 1 atom stereocenters. The van der Waals surface area contributed by atoms with Crippen LogP contribution >= 0.6 is 22.7 Å². The summed E-state index contributed by atoms with van der Waals surface area (Å²) in [4.78, 5) is 8.29. The van der Waals surface area contributed by atoms with Gasteiger partial charge in [-0.1, -0.05) is 25.1 Å². The molecule has 0 saturated carbocycles. The Labute approximate surface area is 134 Å². The third-order valence-corrected chi connectivity index (χ3v) is 5.96. The van der Waals surface area contributed by atoms with Gasteiger partial charge in [0.2, 0.25) is 0 Å². The van der Waals surface area contributed by atoms with E-state index in [1.54, 1.807) is 11.3 Å². The Bertz CT molecular complexity index is 714. The molecule has 21 heavy (non-hydrogen) atoms. The van der Waals surface area contributed by atoms with E-state index in [1.807, 2.05) is 17.5 Å². The van der Waals surface area contributed by atoms with Crippen LogP contribution < -0.4 is 0 Å². The van der Waals surface area contributed by atoms with Gasteiger partial charge in [0.1, 0.15) is 0 Å². The number of aromatic nitrogens is 1. The van der Waals surface area contributed by atoms with Gasteiger partial charge in [-0.2, -0.15) is 0 Å². The fraction of sp³-hybridized carbons (Fsp3) is 0.353. The largest absolute Gasteiger partial charge is 0.309 e. The number of nitrogens with zero attached hydrogens (tertiary/aromatic N) is 2. The molecule has 4 heteroatoms. The lowest BCUT2D eigenvalue weighted by Gasteiger charge is -2.13. The van der Waals surface area contributed by atoms with E-state index in [1.165, 1.54) is 25.5 Å². The molecule has 1 unspecified atom stereocenters. The van der Waals surface area contributed by atoms with Gasteiger partial charge in [-0.15, -0.1) is 22.7 Å². The molecule has 3 rings (SSSR count). The van der Waals surface area contributed by atoms with E-state index in [0.29, 0.717) is 5.92 Å². The molecule has 0 radical (unpaired) electrons. The number of hydrogen-bond acceptors (Lipinski definition) is 4. The van der Waals surface area contributed by atoms with Crippen LogP contribution in [0.1, 0.15) is 28.3 Å². The van der Waals surface area contributed by atoms with E-state index in [-0.39, 0.29) is 0 Å². The predicted molar refractivity (Wildman–Crippen MR) is 93.7 cm³/mol. The molecule has 0 bridgehead atoms. The van der Waals surface area contributed by atoms with Gasteiger partial charge >= 0.3 is 0 Å². The average Bonchev–Trinajstić information content (AvgIpc) is 3.11. The molecule has 0 saturated heterocycles. The maximum Gasteiger partial charge on any atom is 0.0997 e. The summed E-state index contributed by atoms with van der Waals surface area (Å²) < 4.78 is 1.39. The van der Waals surface area contributed by atoms with Gasteiger partial charge in [0.15, 0.2) is 0 Å². The van der Waals surface area contributed by atoms with Crippen molar-refractivity contribution in [3.8, 4) is 0 Å². The first kappa shape index (κ1) is 14.7. The number of hydrogen-bond donors (Lipinski definition) is 0. The van der Waals surface area contributed by atoms with Crippen LogP contribution in [0.25, 0.3) is 10.1 Å². The highest BCUT2D eigenvalue weighted by Gasteiger charge is 2.20. The predicted octanol–water partition coefficient (Wildman–Crippen LogP) is 4.61. The van der Waals surface area contributed by atoms with Crippen LogP contribution in [-0.2, 0) is 6.42 Å². The summed E-state index contributed by atoms with van der Waals surface area (Å²) in [5.41, 5.74) is 1.48. The van der Waals surface area contributed by atoms with Crippen molar-refractivity contribution in [2.45, 2.75) is 19.3 Å². The number of benzene rings is 1. The van der Waals surface area contributed by atoms with Crippen LogP contribution in [0.3, 0.4) is 0 Å². The van der Waals surface area contributed by atoms with Crippen LogP contribution in [0, 0.1) is 0 Å². The van der Waals surface area contributed by atoms with Gasteiger partial charge < -0.3 is 4.90 Å². The summed E-state index contributed by atoms with van der Waals surface area (Å²) in [7, 11) is 4.27. The highest BCUT2D eigenvalue weighted by Crippen LogP contribution is 2.39. The molecule has 0 aliphatic heterocycles. The van der Waals surface area contributed by atoms with Gasteiger partial charge in [-0.25, -0.2) is 4.98 Å². The van der Waals surface area contributed by atoms with E-state index >= 15 is 0 Å². The minimum Gasteiger partial charge on any atom is -0.309 e. The average molecular weight is 316 g/mol. The highest BCUT2D eigenvalue weighted by atomic mass is 32.1. The van der Waals surface area contributed by atoms with Gasteiger partial charge in [0.25, 0.3) is 0 Å². The highest BCUT2D eigenvalue weighted by molar-refractivity contribution is 7.19. The molecule has 2 heterocycles. The zero-order chi connectivity index (χ0) is 14.8. The normalized spacial score (nSPS) is 13.1. The summed E-state index contributed by atoms with van der Waals surface area (Å²) in [5.74, 6) is 0.373. The van der Waals surface area contributed by atoms with E-state index in [2.05, 4.69) is 60.5 Å². The fourth-order valence-electron chi connectivity index (χ4n) is 2.67. The molecule has 2 nitrogen and oxygen atoms in total. The summed E-state index contributed by atoms with van der Waals surface area (Å²) in [6.45, 7) is 3.37. The molecule has 0 amide bonds. The van der Waals surface area contributed by atoms with Gasteiger partial charge in [-0.05, 0) is 37.5 Å². The molecular formula is C17H20N2S2. The summed E-state index contributed by atoms with van der Waals surface area (Å²) >= 11 is 3.70. The van der Waals surface area contributed by atoms with Gasteiger partial charge in [0, 0.05) is 33.6 Å². The third-order valence-electron chi connectivity index (χ3n) is 3.75.